The van der Waals surface area contributed by atoms with Crippen LogP contribution in [0.3, 0.4) is 0 Å². The Morgan fingerprint density at radius 2 is 1.67 bits per heavy atom. The molecule has 0 bridgehead atoms. The van der Waals surface area contributed by atoms with Crippen LogP contribution in [0.15, 0.2) is 42.5 Å². The van der Waals surface area contributed by atoms with Gasteiger partial charge in [0.1, 0.15) is 0 Å². The van der Waals surface area contributed by atoms with E-state index >= 15 is 0 Å². The third-order valence-corrected chi connectivity index (χ3v) is 5.50. The predicted octanol–water partition coefficient (Wildman–Crippen LogP) is 4.61. The van der Waals surface area contributed by atoms with Gasteiger partial charge >= 0.3 is 12.1 Å². The van der Waals surface area contributed by atoms with Crippen molar-refractivity contribution in [1.82, 2.24) is 4.90 Å². The largest absolute Gasteiger partial charge is 0.493 e. The molecule has 1 aliphatic rings. The number of halogens is 3. The average Bonchev–Trinajstić information content (AvgIpc) is 2.74. The number of hydrogen-bond donors (Lipinski definition) is 1. The molecule has 1 N–H and O–H groups in total. The number of hydrogen-bond acceptors (Lipinski definition) is 4. The molecular formula is C22H24F3NO4. The third kappa shape index (κ3) is 4.70. The highest BCUT2D eigenvalue weighted by Gasteiger charge is 2.34. The lowest BCUT2D eigenvalue weighted by atomic mass is 9.90. The zero-order valence-electron chi connectivity index (χ0n) is 16.8. The number of alkyl halides is 3. The number of benzene rings is 2. The molecule has 1 saturated heterocycles. The van der Waals surface area contributed by atoms with Crippen LogP contribution < -0.4 is 9.47 Å². The molecule has 5 nitrogen and oxygen atoms in total. The van der Waals surface area contributed by atoms with Crippen molar-refractivity contribution in [3.63, 3.8) is 0 Å². The highest BCUT2D eigenvalue weighted by atomic mass is 19.4. The number of methoxy groups -OCH3 is 2. The van der Waals surface area contributed by atoms with Gasteiger partial charge in [0.15, 0.2) is 11.5 Å². The molecular weight excluding hydrogens is 399 g/mol. The lowest BCUT2D eigenvalue weighted by Gasteiger charge is -2.37. The Morgan fingerprint density at radius 1 is 1.03 bits per heavy atom. The first kappa shape index (κ1) is 22.0. The van der Waals surface area contributed by atoms with Gasteiger partial charge in [0.05, 0.1) is 31.7 Å². The molecule has 0 aliphatic carbocycles. The maximum Gasteiger partial charge on any atom is 0.416 e. The lowest BCUT2D eigenvalue weighted by Crippen LogP contribution is -2.39. The number of nitrogens with zero attached hydrogens (tertiary/aromatic N) is 1. The summed E-state index contributed by atoms with van der Waals surface area (Å²) in [5.74, 6) is -0.272. The SMILES string of the molecule is COc1ccc(C(c2cccc(C(F)(F)F)c2)N2CCC(C(=O)O)CC2)cc1OC. The average molecular weight is 423 g/mol. The van der Waals surface area contributed by atoms with E-state index < -0.39 is 29.7 Å². The van der Waals surface area contributed by atoms with Gasteiger partial charge in [-0.3, -0.25) is 9.69 Å². The normalized spacial score (nSPS) is 16.8. The van der Waals surface area contributed by atoms with E-state index in [1.807, 2.05) is 4.90 Å². The fraction of sp³-hybridized carbons (Fsp3) is 0.409. The van der Waals surface area contributed by atoms with Gasteiger partial charge in [0, 0.05) is 0 Å². The van der Waals surface area contributed by atoms with Crippen LogP contribution in [-0.2, 0) is 11.0 Å². The zero-order chi connectivity index (χ0) is 21.9. The molecule has 1 heterocycles. The number of ether oxygens (including phenoxy) is 2. The summed E-state index contributed by atoms with van der Waals surface area (Å²) in [6.07, 6.45) is -3.56. The second kappa shape index (κ2) is 8.95. The molecule has 162 valence electrons. The Hall–Kier alpha value is -2.74. The number of likely N-dealkylation sites (tertiary alicyclic amines) is 1. The summed E-state index contributed by atoms with van der Waals surface area (Å²) in [4.78, 5) is 13.3. The van der Waals surface area contributed by atoms with E-state index in [1.54, 1.807) is 24.3 Å². The van der Waals surface area contributed by atoms with Crippen LogP contribution >= 0.6 is 0 Å². The van der Waals surface area contributed by atoms with Crippen molar-refractivity contribution in [2.24, 2.45) is 5.92 Å². The maximum atomic E-state index is 13.3. The first-order chi connectivity index (χ1) is 14.2. The summed E-state index contributed by atoms with van der Waals surface area (Å²) in [5, 5.41) is 9.28. The van der Waals surface area contributed by atoms with E-state index in [1.165, 1.54) is 20.3 Å². The molecule has 8 heteroatoms. The first-order valence-corrected chi connectivity index (χ1v) is 9.60. The van der Waals surface area contributed by atoms with Crippen LogP contribution in [0.1, 0.15) is 35.6 Å². The van der Waals surface area contributed by atoms with Gasteiger partial charge in [-0.05, 0) is 61.3 Å². The number of aliphatic carboxylic acids is 1. The van der Waals surface area contributed by atoms with Gasteiger partial charge in [0.25, 0.3) is 0 Å². The number of carboxylic acids is 1. The van der Waals surface area contributed by atoms with Crippen molar-refractivity contribution < 1.29 is 32.5 Å². The Morgan fingerprint density at radius 3 is 2.23 bits per heavy atom. The standard InChI is InChI=1S/C22H24F3NO4/c1-29-18-7-6-16(13-19(18)30-2)20(26-10-8-14(9-11-26)21(27)28)15-4-3-5-17(12-15)22(23,24)25/h3-7,12-14,20H,8-11H2,1-2H3,(H,27,28). The molecule has 1 fully saturated rings. The van der Waals surface area contributed by atoms with Gasteiger partial charge in [-0.25, -0.2) is 0 Å². The molecule has 2 aromatic carbocycles. The predicted molar refractivity (Wildman–Crippen MR) is 105 cm³/mol. The topological polar surface area (TPSA) is 59.0 Å². The first-order valence-electron chi connectivity index (χ1n) is 9.60. The number of carbonyl (C=O) groups is 1. The highest BCUT2D eigenvalue weighted by Crippen LogP contribution is 2.39. The molecule has 2 aromatic rings. The van der Waals surface area contributed by atoms with Gasteiger partial charge in [-0.1, -0.05) is 18.2 Å². The van der Waals surface area contributed by atoms with Gasteiger partial charge < -0.3 is 14.6 Å². The van der Waals surface area contributed by atoms with Crippen molar-refractivity contribution in [2.45, 2.75) is 25.1 Å². The van der Waals surface area contributed by atoms with Crippen molar-refractivity contribution in [1.29, 1.82) is 0 Å². The second-order valence-electron chi connectivity index (χ2n) is 7.29. The summed E-state index contributed by atoms with van der Waals surface area (Å²) in [5.41, 5.74) is 0.525. The fourth-order valence-corrected chi connectivity index (χ4v) is 3.93. The van der Waals surface area contributed by atoms with E-state index in [9.17, 15) is 23.1 Å². The Labute approximate surface area is 173 Å². The molecule has 0 spiro atoms. The van der Waals surface area contributed by atoms with Crippen molar-refractivity contribution in [3.05, 3.63) is 59.2 Å². The number of rotatable bonds is 6. The molecule has 0 radical (unpaired) electrons. The minimum absolute atomic E-state index is 0.436. The highest BCUT2D eigenvalue weighted by molar-refractivity contribution is 5.70. The van der Waals surface area contributed by atoms with E-state index in [0.717, 1.165) is 17.7 Å². The third-order valence-electron chi connectivity index (χ3n) is 5.50. The molecule has 3 rings (SSSR count). The second-order valence-corrected chi connectivity index (χ2v) is 7.29. The summed E-state index contributed by atoms with van der Waals surface area (Å²) >= 11 is 0. The van der Waals surface area contributed by atoms with Crippen molar-refractivity contribution >= 4 is 5.97 Å². The van der Waals surface area contributed by atoms with E-state index in [4.69, 9.17) is 9.47 Å². The van der Waals surface area contributed by atoms with Crippen LogP contribution in [0.25, 0.3) is 0 Å². The summed E-state index contributed by atoms with van der Waals surface area (Å²) in [7, 11) is 3.01. The molecule has 1 unspecified atom stereocenters. The van der Waals surface area contributed by atoms with Gasteiger partial charge in [-0.15, -0.1) is 0 Å². The van der Waals surface area contributed by atoms with Gasteiger partial charge in [0.2, 0.25) is 0 Å². The van der Waals surface area contributed by atoms with Gasteiger partial charge in [-0.2, -0.15) is 13.2 Å². The van der Waals surface area contributed by atoms with Crippen molar-refractivity contribution in [2.75, 3.05) is 27.3 Å². The number of carboxylic acid groups (broad SMARTS) is 1. The molecule has 0 saturated carbocycles. The maximum absolute atomic E-state index is 13.3. The molecule has 30 heavy (non-hydrogen) atoms. The zero-order valence-corrected chi connectivity index (χ0v) is 16.8. The Kier molecular flexibility index (Phi) is 6.55. The molecule has 1 atom stereocenters. The smallest absolute Gasteiger partial charge is 0.416 e. The van der Waals surface area contributed by atoms with Crippen LogP contribution in [0, 0.1) is 5.92 Å². The molecule has 1 aliphatic heterocycles. The summed E-state index contributed by atoms with van der Waals surface area (Å²) in [6.45, 7) is 0.929. The molecule has 0 aromatic heterocycles. The van der Waals surface area contributed by atoms with Crippen LogP contribution in [-0.4, -0.2) is 43.3 Å². The van der Waals surface area contributed by atoms with Crippen molar-refractivity contribution in [3.8, 4) is 11.5 Å². The quantitative estimate of drug-likeness (QED) is 0.736. The van der Waals surface area contributed by atoms with E-state index in [2.05, 4.69) is 0 Å². The minimum Gasteiger partial charge on any atom is -0.493 e. The molecule has 0 amide bonds. The van der Waals surface area contributed by atoms with Crippen LogP contribution in [0.4, 0.5) is 13.2 Å². The van der Waals surface area contributed by atoms with E-state index in [0.29, 0.717) is 43.0 Å². The van der Waals surface area contributed by atoms with Crippen LogP contribution in [0.5, 0.6) is 11.5 Å². The number of piperidine rings is 1. The Balaban J connectivity index is 2.03. The summed E-state index contributed by atoms with van der Waals surface area (Å²) < 4.78 is 50.6. The van der Waals surface area contributed by atoms with Crippen LogP contribution in [0.2, 0.25) is 0 Å². The lowest BCUT2D eigenvalue weighted by molar-refractivity contribution is -0.143. The fourth-order valence-electron chi connectivity index (χ4n) is 3.93. The summed E-state index contributed by atoms with van der Waals surface area (Å²) in [6, 6.07) is 10.1. The monoisotopic (exact) mass is 423 g/mol. The Bertz CT molecular complexity index is 892. The van der Waals surface area contributed by atoms with E-state index in [-0.39, 0.29) is 0 Å². The minimum atomic E-state index is -4.45.